The maximum absolute atomic E-state index is 12.7. The summed E-state index contributed by atoms with van der Waals surface area (Å²) in [4.78, 5) is 36.0. The Morgan fingerprint density at radius 3 is 1.64 bits per heavy atom. The number of carbonyl (C=O) groups excluding carboxylic acids is 3. The maximum atomic E-state index is 12.7. The monoisotopic (exact) mass is 385 g/mol. The molecule has 0 fully saturated rings. The van der Waals surface area contributed by atoms with E-state index >= 15 is 0 Å². The second-order valence-electron chi connectivity index (χ2n) is 6.46. The molecule has 0 aliphatic heterocycles. The lowest BCUT2D eigenvalue weighted by Crippen LogP contribution is -2.54. The van der Waals surface area contributed by atoms with E-state index in [1.165, 1.54) is 31.2 Å². The average Bonchev–Trinajstić information content (AvgIpc) is 2.63. The summed E-state index contributed by atoms with van der Waals surface area (Å²) in [5.41, 5.74) is 6.84. The number of nitrogens with two attached hydrogens (primary N) is 1. The number of aromatic hydroxyl groups is 2. The zero-order valence-electron chi connectivity index (χ0n) is 15.4. The minimum absolute atomic E-state index is 0.0861. The van der Waals surface area contributed by atoms with E-state index in [-0.39, 0.29) is 24.3 Å². The second-order valence-corrected chi connectivity index (χ2v) is 6.46. The second kappa shape index (κ2) is 9.40. The van der Waals surface area contributed by atoms with Crippen LogP contribution in [0, 0.1) is 0 Å². The highest BCUT2D eigenvalue weighted by Crippen LogP contribution is 2.13. The van der Waals surface area contributed by atoms with Gasteiger partial charge in [-0.2, -0.15) is 0 Å². The van der Waals surface area contributed by atoms with Gasteiger partial charge in [0.2, 0.25) is 17.7 Å². The highest BCUT2D eigenvalue weighted by atomic mass is 16.3. The predicted octanol–water partition coefficient (Wildman–Crippen LogP) is 0.358. The largest absolute Gasteiger partial charge is 0.508 e. The van der Waals surface area contributed by atoms with Crippen molar-refractivity contribution in [2.45, 2.75) is 31.8 Å². The molecule has 0 spiro atoms. The third-order valence-corrected chi connectivity index (χ3v) is 4.11. The van der Waals surface area contributed by atoms with Crippen molar-refractivity contribution in [3.05, 3.63) is 59.7 Å². The predicted molar refractivity (Wildman–Crippen MR) is 102 cm³/mol. The summed E-state index contributed by atoms with van der Waals surface area (Å²) in [6, 6.07) is 10.5. The Morgan fingerprint density at radius 2 is 1.25 bits per heavy atom. The lowest BCUT2D eigenvalue weighted by Gasteiger charge is -2.22. The van der Waals surface area contributed by atoms with Crippen LogP contribution in [0.3, 0.4) is 0 Å². The van der Waals surface area contributed by atoms with Gasteiger partial charge in [0.25, 0.3) is 0 Å². The summed E-state index contributed by atoms with van der Waals surface area (Å²) in [5, 5.41) is 23.8. The van der Waals surface area contributed by atoms with Crippen LogP contribution in [0.4, 0.5) is 0 Å². The molecule has 0 aliphatic rings. The van der Waals surface area contributed by atoms with Gasteiger partial charge in [-0.1, -0.05) is 24.3 Å². The van der Waals surface area contributed by atoms with Gasteiger partial charge in [-0.15, -0.1) is 0 Å². The minimum Gasteiger partial charge on any atom is -0.508 e. The smallest absolute Gasteiger partial charge is 0.243 e. The van der Waals surface area contributed by atoms with Gasteiger partial charge in [0, 0.05) is 19.8 Å². The zero-order valence-corrected chi connectivity index (χ0v) is 15.4. The molecule has 148 valence electrons. The molecule has 0 aliphatic carbocycles. The molecule has 2 unspecified atom stereocenters. The minimum atomic E-state index is -0.979. The molecule has 6 N–H and O–H groups in total. The summed E-state index contributed by atoms with van der Waals surface area (Å²) >= 11 is 0. The molecule has 0 bridgehead atoms. The van der Waals surface area contributed by atoms with Crippen molar-refractivity contribution in [3.8, 4) is 11.5 Å². The maximum Gasteiger partial charge on any atom is 0.243 e. The Bertz CT molecular complexity index is 834. The van der Waals surface area contributed by atoms with E-state index in [0.717, 1.165) is 5.56 Å². The Morgan fingerprint density at radius 1 is 0.821 bits per heavy atom. The van der Waals surface area contributed by atoms with E-state index in [1.54, 1.807) is 24.3 Å². The molecule has 2 rings (SSSR count). The van der Waals surface area contributed by atoms with Crippen LogP contribution >= 0.6 is 0 Å². The van der Waals surface area contributed by atoms with Gasteiger partial charge in [-0.25, -0.2) is 0 Å². The molecular weight excluding hydrogens is 362 g/mol. The van der Waals surface area contributed by atoms with Crippen LogP contribution < -0.4 is 16.4 Å². The van der Waals surface area contributed by atoms with Crippen LogP contribution in [-0.2, 0) is 27.2 Å². The van der Waals surface area contributed by atoms with Crippen LogP contribution in [0.5, 0.6) is 11.5 Å². The third-order valence-electron chi connectivity index (χ3n) is 4.11. The van der Waals surface area contributed by atoms with Gasteiger partial charge >= 0.3 is 0 Å². The first-order valence-electron chi connectivity index (χ1n) is 8.67. The summed E-state index contributed by atoms with van der Waals surface area (Å²) in [5.74, 6) is -1.48. The SMILES string of the molecule is CC(=O)NC(Cc1ccc(O)cc1)C(=O)NC(Cc1ccc(O)cc1)C(N)=O. The number of benzene rings is 2. The quantitative estimate of drug-likeness (QED) is 0.446. The van der Waals surface area contributed by atoms with Gasteiger partial charge in [0.1, 0.15) is 23.6 Å². The fourth-order valence-corrected chi connectivity index (χ4v) is 2.69. The Kier molecular flexibility index (Phi) is 6.97. The molecule has 0 heterocycles. The molecule has 2 aromatic rings. The summed E-state index contributed by atoms with van der Waals surface area (Å²) in [6.45, 7) is 1.29. The number of hydrogen-bond donors (Lipinski definition) is 5. The van der Waals surface area contributed by atoms with Crippen molar-refractivity contribution in [2.24, 2.45) is 5.73 Å². The van der Waals surface area contributed by atoms with Crippen molar-refractivity contribution in [1.82, 2.24) is 10.6 Å². The molecule has 28 heavy (non-hydrogen) atoms. The average molecular weight is 385 g/mol. The van der Waals surface area contributed by atoms with Gasteiger partial charge < -0.3 is 26.6 Å². The first-order valence-corrected chi connectivity index (χ1v) is 8.67. The van der Waals surface area contributed by atoms with Gasteiger partial charge in [0.05, 0.1) is 0 Å². The number of rotatable bonds is 8. The lowest BCUT2D eigenvalue weighted by atomic mass is 10.0. The molecular formula is C20H23N3O5. The highest BCUT2D eigenvalue weighted by molar-refractivity contribution is 5.91. The number of carbonyl (C=O) groups is 3. The first-order chi connectivity index (χ1) is 13.2. The lowest BCUT2D eigenvalue weighted by molar-refractivity contribution is -0.130. The van der Waals surface area contributed by atoms with E-state index in [2.05, 4.69) is 10.6 Å². The zero-order chi connectivity index (χ0) is 20.7. The van der Waals surface area contributed by atoms with E-state index in [1.807, 2.05) is 0 Å². The van der Waals surface area contributed by atoms with Crippen LogP contribution in [0.25, 0.3) is 0 Å². The molecule has 3 amide bonds. The van der Waals surface area contributed by atoms with Crippen molar-refractivity contribution >= 4 is 17.7 Å². The number of phenolic OH excluding ortho intramolecular Hbond substituents is 2. The van der Waals surface area contributed by atoms with E-state index < -0.39 is 29.8 Å². The molecule has 0 saturated heterocycles. The standard InChI is InChI=1S/C20H23N3O5/c1-12(24)22-18(11-14-4-8-16(26)9-5-14)20(28)23-17(19(21)27)10-13-2-6-15(25)7-3-13/h2-9,17-18,25-26H,10-11H2,1H3,(H2,21,27)(H,22,24)(H,23,28). The van der Waals surface area contributed by atoms with Crippen LogP contribution in [0.1, 0.15) is 18.1 Å². The molecule has 8 heteroatoms. The number of nitrogens with one attached hydrogen (secondary N) is 2. The normalized spacial score (nSPS) is 12.6. The van der Waals surface area contributed by atoms with Crippen LogP contribution in [0.15, 0.2) is 48.5 Å². The van der Waals surface area contributed by atoms with Gasteiger partial charge in [0.15, 0.2) is 0 Å². The first kappa shape index (κ1) is 20.8. The number of amides is 3. The number of hydrogen-bond acceptors (Lipinski definition) is 5. The summed E-state index contributed by atoms with van der Waals surface area (Å²) in [7, 11) is 0. The molecule has 2 aromatic carbocycles. The Labute approximate surface area is 162 Å². The molecule has 8 nitrogen and oxygen atoms in total. The number of phenols is 2. The van der Waals surface area contributed by atoms with Crippen molar-refractivity contribution in [1.29, 1.82) is 0 Å². The van der Waals surface area contributed by atoms with Crippen molar-refractivity contribution in [2.75, 3.05) is 0 Å². The van der Waals surface area contributed by atoms with E-state index in [4.69, 9.17) is 5.73 Å². The van der Waals surface area contributed by atoms with Crippen LogP contribution in [0.2, 0.25) is 0 Å². The summed E-state index contributed by atoms with van der Waals surface area (Å²) < 4.78 is 0. The van der Waals surface area contributed by atoms with Crippen molar-refractivity contribution in [3.63, 3.8) is 0 Å². The summed E-state index contributed by atoms with van der Waals surface area (Å²) in [6.07, 6.45) is 0.323. The third kappa shape index (κ3) is 6.31. The molecule has 2 atom stereocenters. The fraction of sp³-hybridized carbons (Fsp3) is 0.250. The molecule has 0 radical (unpaired) electrons. The Hall–Kier alpha value is -3.55. The van der Waals surface area contributed by atoms with E-state index in [0.29, 0.717) is 5.56 Å². The molecule has 0 saturated carbocycles. The van der Waals surface area contributed by atoms with Gasteiger partial charge in [-0.05, 0) is 35.4 Å². The van der Waals surface area contributed by atoms with Gasteiger partial charge in [-0.3, -0.25) is 14.4 Å². The number of primary amides is 1. The topological polar surface area (TPSA) is 142 Å². The fourth-order valence-electron chi connectivity index (χ4n) is 2.69. The van der Waals surface area contributed by atoms with Crippen LogP contribution in [-0.4, -0.2) is 40.0 Å². The highest BCUT2D eigenvalue weighted by Gasteiger charge is 2.25. The molecule has 0 aromatic heterocycles. The van der Waals surface area contributed by atoms with Crippen molar-refractivity contribution < 1.29 is 24.6 Å². The van der Waals surface area contributed by atoms with E-state index in [9.17, 15) is 24.6 Å². The Balaban J connectivity index is 2.11.